The van der Waals surface area contributed by atoms with Crippen molar-refractivity contribution in [3.8, 4) is 0 Å². The zero-order valence-corrected chi connectivity index (χ0v) is 10.9. The molecule has 3 heteroatoms. The van der Waals surface area contributed by atoms with Crippen LogP contribution in [0.5, 0.6) is 0 Å². The molecule has 0 heterocycles. The van der Waals surface area contributed by atoms with Crippen LogP contribution >= 0.6 is 0 Å². The van der Waals surface area contributed by atoms with Crippen LogP contribution in [0.2, 0.25) is 0 Å². The lowest BCUT2D eigenvalue weighted by Gasteiger charge is -2.20. The van der Waals surface area contributed by atoms with Gasteiger partial charge in [0.2, 0.25) is 0 Å². The van der Waals surface area contributed by atoms with Gasteiger partial charge in [0.25, 0.3) is 0 Å². The summed E-state index contributed by atoms with van der Waals surface area (Å²) in [7, 11) is -3.55. The Morgan fingerprint density at radius 1 is 1.07 bits per heavy atom. The van der Waals surface area contributed by atoms with E-state index in [1.807, 2.05) is 24.3 Å². The molecule has 1 rings (SSSR count). The number of hydrogen-bond donors (Lipinski definition) is 0. The van der Waals surface area contributed by atoms with Crippen LogP contribution in [0, 0.1) is 0 Å². The number of benzene rings is 1. The number of halogens is 2. The zero-order chi connectivity index (χ0) is 11.6. The third kappa shape index (κ3) is 3.13. The van der Waals surface area contributed by atoms with Crippen LogP contribution in [0.15, 0.2) is 24.3 Å². The Bertz CT molecular complexity index is 311. The molecule has 0 amide bonds. The van der Waals surface area contributed by atoms with Crippen LogP contribution in [0.4, 0.5) is 8.22 Å². The van der Waals surface area contributed by atoms with Crippen molar-refractivity contribution in [2.45, 2.75) is 38.7 Å². The lowest BCUT2D eigenvalue weighted by Crippen LogP contribution is -2.13. The molecule has 0 saturated heterocycles. The summed E-state index contributed by atoms with van der Waals surface area (Å²) in [5.74, 6) is 0. The van der Waals surface area contributed by atoms with Gasteiger partial charge in [-0.25, -0.2) is 0 Å². The van der Waals surface area contributed by atoms with Crippen molar-refractivity contribution >= 4 is 9.46 Å². The fraction of sp³-hybridized carbons (Fsp3) is 0.500. The molecule has 1 unspecified atom stereocenters. The van der Waals surface area contributed by atoms with Crippen molar-refractivity contribution < 1.29 is 8.22 Å². The van der Waals surface area contributed by atoms with Crippen LogP contribution in [0.3, 0.4) is 0 Å². The van der Waals surface area contributed by atoms with Gasteiger partial charge < -0.3 is 0 Å². The molecule has 1 atom stereocenters. The fourth-order valence-corrected chi connectivity index (χ4v) is 1.95. The number of hydrogen-bond acceptors (Lipinski definition) is 0. The monoisotopic (exact) mass is 228 g/mol. The lowest BCUT2D eigenvalue weighted by atomic mass is 9.86. The molecule has 0 aliphatic heterocycles. The van der Waals surface area contributed by atoms with Gasteiger partial charge in [-0.3, -0.25) is 8.22 Å². The molecule has 84 valence electrons. The predicted octanol–water partition coefficient (Wildman–Crippen LogP) is 3.79. The smallest absolute Gasteiger partial charge is 0.274 e. The maximum absolute atomic E-state index is 12.6. The van der Waals surface area contributed by atoms with Gasteiger partial charge >= 0.3 is 9.46 Å². The molecule has 0 fully saturated rings. The Balaban J connectivity index is 2.91. The second kappa shape index (κ2) is 4.43. The molecule has 0 aromatic heterocycles. The largest absolute Gasteiger partial charge is 0.418 e. The quantitative estimate of drug-likeness (QED) is 0.534. The Hall–Kier alpha value is -0.703. The summed E-state index contributed by atoms with van der Waals surface area (Å²) in [6.07, 6.45) is 0. The minimum atomic E-state index is -3.55. The molecule has 0 aliphatic carbocycles. The van der Waals surface area contributed by atoms with E-state index in [-0.39, 0.29) is 5.41 Å². The first kappa shape index (κ1) is 12.4. The van der Waals surface area contributed by atoms with Gasteiger partial charge in [-0.05, 0) is 16.5 Å². The molecule has 0 spiro atoms. The van der Waals surface area contributed by atoms with E-state index in [0.717, 1.165) is 5.56 Å². The Kier molecular flexibility index (Phi) is 3.65. The highest BCUT2D eigenvalue weighted by atomic mass is 28.4. The molecule has 1 aromatic rings. The average Bonchev–Trinajstić information content (AvgIpc) is 2.15. The fourth-order valence-electron chi connectivity index (χ4n) is 1.43. The average molecular weight is 228 g/mol. The SMILES string of the molecule is CC(c1ccc(C(C)(C)C)cc1)[SiH](F)F. The summed E-state index contributed by atoms with van der Waals surface area (Å²) in [5, 5.41) is 0. The van der Waals surface area contributed by atoms with E-state index < -0.39 is 15.0 Å². The second-order valence-electron chi connectivity index (χ2n) is 5.00. The summed E-state index contributed by atoms with van der Waals surface area (Å²) in [5.41, 5.74) is 1.50. The van der Waals surface area contributed by atoms with Gasteiger partial charge in [-0.15, -0.1) is 0 Å². The van der Waals surface area contributed by atoms with Gasteiger partial charge in [0.05, 0.1) is 0 Å². The summed E-state index contributed by atoms with van der Waals surface area (Å²) in [6.45, 7) is 7.97. The summed E-state index contributed by atoms with van der Waals surface area (Å²) in [6, 6.07) is 7.60. The molecular weight excluding hydrogens is 210 g/mol. The Labute approximate surface area is 92.3 Å². The number of rotatable bonds is 2. The first-order valence-electron chi connectivity index (χ1n) is 5.21. The zero-order valence-electron chi connectivity index (χ0n) is 9.72. The van der Waals surface area contributed by atoms with Crippen LogP contribution in [0.1, 0.15) is 44.4 Å². The van der Waals surface area contributed by atoms with Gasteiger partial charge in [0, 0.05) is 5.54 Å². The molecule has 0 nitrogen and oxygen atoms in total. The van der Waals surface area contributed by atoms with E-state index in [0.29, 0.717) is 0 Å². The van der Waals surface area contributed by atoms with Gasteiger partial charge in [0.15, 0.2) is 0 Å². The summed E-state index contributed by atoms with van der Waals surface area (Å²) < 4.78 is 25.2. The lowest BCUT2D eigenvalue weighted by molar-refractivity contribution is 0.589. The minimum Gasteiger partial charge on any atom is -0.274 e. The summed E-state index contributed by atoms with van der Waals surface area (Å²) >= 11 is 0. The van der Waals surface area contributed by atoms with Crippen LogP contribution in [-0.2, 0) is 5.41 Å². The highest BCUT2D eigenvalue weighted by Gasteiger charge is 2.21. The van der Waals surface area contributed by atoms with E-state index in [2.05, 4.69) is 20.8 Å². The van der Waals surface area contributed by atoms with Crippen LogP contribution in [-0.4, -0.2) is 9.46 Å². The third-order valence-electron chi connectivity index (χ3n) is 2.68. The highest BCUT2D eigenvalue weighted by Crippen LogP contribution is 2.25. The van der Waals surface area contributed by atoms with Gasteiger partial charge in [-0.2, -0.15) is 0 Å². The van der Waals surface area contributed by atoms with E-state index >= 15 is 0 Å². The van der Waals surface area contributed by atoms with Crippen molar-refractivity contribution in [1.29, 1.82) is 0 Å². The third-order valence-corrected chi connectivity index (χ3v) is 3.82. The standard InChI is InChI=1S/C12H18F2Si/c1-9(15(13)14)10-5-7-11(8-6-10)12(2,3)4/h5-9,15H,1-4H3. The minimum absolute atomic E-state index is 0.0873. The Morgan fingerprint density at radius 2 is 1.53 bits per heavy atom. The van der Waals surface area contributed by atoms with Crippen molar-refractivity contribution in [2.75, 3.05) is 0 Å². The van der Waals surface area contributed by atoms with Gasteiger partial charge in [0.1, 0.15) is 0 Å². The van der Waals surface area contributed by atoms with Crippen LogP contribution in [0.25, 0.3) is 0 Å². The van der Waals surface area contributed by atoms with E-state index in [1.165, 1.54) is 5.56 Å². The maximum Gasteiger partial charge on any atom is 0.418 e. The molecule has 1 aromatic carbocycles. The second-order valence-corrected chi connectivity index (χ2v) is 6.66. The van der Waals surface area contributed by atoms with Crippen LogP contribution < -0.4 is 0 Å². The first-order chi connectivity index (χ1) is 6.82. The van der Waals surface area contributed by atoms with Crippen molar-refractivity contribution in [3.63, 3.8) is 0 Å². The molecule has 0 radical (unpaired) electrons. The molecule has 0 N–H and O–H groups in total. The Morgan fingerprint density at radius 3 is 1.87 bits per heavy atom. The molecule has 15 heavy (non-hydrogen) atoms. The molecule has 0 bridgehead atoms. The topological polar surface area (TPSA) is 0 Å². The van der Waals surface area contributed by atoms with E-state index in [1.54, 1.807) is 6.92 Å². The van der Waals surface area contributed by atoms with Crippen molar-refractivity contribution in [2.24, 2.45) is 0 Å². The first-order valence-corrected chi connectivity index (χ1v) is 6.75. The molecule has 0 aliphatic rings. The normalized spacial score (nSPS) is 14.3. The molecular formula is C12H18F2Si. The maximum atomic E-state index is 12.6. The summed E-state index contributed by atoms with van der Waals surface area (Å²) in [4.78, 5) is 0. The predicted molar refractivity (Wildman–Crippen MR) is 62.9 cm³/mol. The van der Waals surface area contributed by atoms with Gasteiger partial charge in [-0.1, -0.05) is 52.0 Å². The van der Waals surface area contributed by atoms with Crippen molar-refractivity contribution in [3.05, 3.63) is 35.4 Å². The highest BCUT2D eigenvalue weighted by molar-refractivity contribution is 6.44. The van der Waals surface area contributed by atoms with Crippen molar-refractivity contribution in [1.82, 2.24) is 0 Å². The molecule has 0 saturated carbocycles. The van der Waals surface area contributed by atoms with E-state index in [9.17, 15) is 8.22 Å². The van der Waals surface area contributed by atoms with E-state index in [4.69, 9.17) is 0 Å².